The van der Waals surface area contributed by atoms with E-state index in [0.717, 1.165) is 5.56 Å². The molecule has 1 aromatic rings. The van der Waals surface area contributed by atoms with Crippen LogP contribution in [0.5, 0.6) is 0 Å². The van der Waals surface area contributed by atoms with Gasteiger partial charge in [0.15, 0.2) is 0 Å². The summed E-state index contributed by atoms with van der Waals surface area (Å²) in [6, 6.07) is 9.11. The average molecular weight is 218 g/mol. The van der Waals surface area contributed by atoms with Gasteiger partial charge in [0.2, 0.25) is 0 Å². The third kappa shape index (κ3) is 3.07. The van der Waals surface area contributed by atoms with Gasteiger partial charge in [-0.3, -0.25) is 4.79 Å². The normalized spacial score (nSPS) is 11.6. The molecule has 0 aliphatic rings. The largest absolute Gasteiger partial charge is 0.469 e. The number of hydrogen-bond acceptors (Lipinski definition) is 4. The van der Waals surface area contributed by atoms with Crippen molar-refractivity contribution in [2.45, 2.75) is 12.3 Å². The number of benzene rings is 1. The van der Waals surface area contributed by atoms with Crippen LogP contribution in [-0.4, -0.2) is 19.6 Å². The number of rotatable bonds is 4. The zero-order chi connectivity index (χ0) is 12.0. The van der Waals surface area contributed by atoms with Crippen molar-refractivity contribution in [2.24, 2.45) is 5.73 Å². The SMILES string of the molecule is COC(=O)CC(CN)c1ccc(C#N)cc1. The maximum atomic E-state index is 11.1. The van der Waals surface area contributed by atoms with Gasteiger partial charge in [-0.05, 0) is 24.2 Å². The summed E-state index contributed by atoms with van der Waals surface area (Å²) in [4.78, 5) is 11.1. The van der Waals surface area contributed by atoms with Crippen molar-refractivity contribution in [2.75, 3.05) is 13.7 Å². The summed E-state index contributed by atoms with van der Waals surface area (Å²) in [7, 11) is 1.36. The third-order valence-corrected chi connectivity index (χ3v) is 2.44. The van der Waals surface area contributed by atoms with Gasteiger partial charge < -0.3 is 10.5 Å². The number of nitrogens with zero attached hydrogens (tertiary/aromatic N) is 1. The van der Waals surface area contributed by atoms with Gasteiger partial charge in [-0.25, -0.2) is 0 Å². The molecule has 0 aliphatic heterocycles. The first kappa shape index (κ1) is 12.2. The van der Waals surface area contributed by atoms with Gasteiger partial charge in [-0.2, -0.15) is 5.26 Å². The predicted molar refractivity (Wildman–Crippen MR) is 59.6 cm³/mol. The smallest absolute Gasteiger partial charge is 0.306 e. The molecule has 1 rings (SSSR count). The fourth-order valence-electron chi connectivity index (χ4n) is 1.45. The molecule has 84 valence electrons. The van der Waals surface area contributed by atoms with E-state index in [2.05, 4.69) is 4.74 Å². The lowest BCUT2D eigenvalue weighted by atomic mass is 9.95. The maximum Gasteiger partial charge on any atom is 0.306 e. The summed E-state index contributed by atoms with van der Waals surface area (Å²) in [5.41, 5.74) is 7.15. The minimum atomic E-state index is -0.278. The molecule has 0 bridgehead atoms. The zero-order valence-corrected chi connectivity index (χ0v) is 9.14. The van der Waals surface area contributed by atoms with Crippen LogP contribution in [0.2, 0.25) is 0 Å². The van der Waals surface area contributed by atoms with Gasteiger partial charge in [-0.15, -0.1) is 0 Å². The number of nitrogens with two attached hydrogens (primary N) is 1. The number of hydrogen-bond donors (Lipinski definition) is 1. The Hall–Kier alpha value is -1.86. The highest BCUT2D eigenvalue weighted by Crippen LogP contribution is 2.19. The van der Waals surface area contributed by atoms with Crippen LogP contribution in [0.3, 0.4) is 0 Å². The highest BCUT2D eigenvalue weighted by molar-refractivity contribution is 5.70. The van der Waals surface area contributed by atoms with Crippen LogP contribution in [-0.2, 0) is 9.53 Å². The lowest BCUT2D eigenvalue weighted by Gasteiger charge is -2.13. The van der Waals surface area contributed by atoms with E-state index in [9.17, 15) is 4.79 Å². The van der Waals surface area contributed by atoms with E-state index in [1.54, 1.807) is 12.1 Å². The van der Waals surface area contributed by atoms with Crippen molar-refractivity contribution in [3.63, 3.8) is 0 Å². The van der Waals surface area contributed by atoms with Gasteiger partial charge in [0.1, 0.15) is 0 Å². The molecule has 0 fully saturated rings. The molecule has 0 spiro atoms. The van der Waals surface area contributed by atoms with Crippen LogP contribution in [0.1, 0.15) is 23.5 Å². The zero-order valence-electron chi connectivity index (χ0n) is 9.14. The number of esters is 1. The van der Waals surface area contributed by atoms with Gasteiger partial charge in [-0.1, -0.05) is 12.1 Å². The first-order chi connectivity index (χ1) is 7.71. The van der Waals surface area contributed by atoms with Gasteiger partial charge in [0.25, 0.3) is 0 Å². The molecular formula is C12H14N2O2. The first-order valence-electron chi connectivity index (χ1n) is 4.98. The van der Waals surface area contributed by atoms with E-state index in [1.165, 1.54) is 7.11 Å². The Morgan fingerprint density at radius 3 is 2.56 bits per heavy atom. The van der Waals surface area contributed by atoms with E-state index in [0.29, 0.717) is 12.1 Å². The second-order valence-electron chi connectivity index (χ2n) is 3.45. The Kier molecular flexibility index (Phi) is 4.49. The van der Waals surface area contributed by atoms with E-state index in [1.807, 2.05) is 18.2 Å². The third-order valence-electron chi connectivity index (χ3n) is 2.44. The lowest BCUT2D eigenvalue weighted by Crippen LogP contribution is -2.17. The van der Waals surface area contributed by atoms with Crippen LogP contribution in [0.25, 0.3) is 0 Å². The van der Waals surface area contributed by atoms with Crippen molar-refractivity contribution in [3.8, 4) is 6.07 Å². The van der Waals surface area contributed by atoms with Crippen LogP contribution >= 0.6 is 0 Å². The molecule has 1 atom stereocenters. The molecule has 0 saturated carbocycles. The second-order valence-corrected chi connectivity index (χ2v) is 3.45. The first-order valence-corrected chi connectivity index (χ1v) is 4.98. The van der Waals surface area contributed by atoms with E-state index in [4.69, 9.17) is 11.0 Å². The molecule has 0 saturated heterocycles. The highest BCUT2D eigenvalue weighted by atomic mass is 16.5. The van der Waals surface area contributed by atoms with Crippen LogP contribution in [0.15, 0.2) is 24.3 Å². The van der Waals surface area contributed by atoms with Crippen LogP contribution in [0.4, 0.5) is 0 Å². The van der Waals surface area contributed by atoms with E-state index < -0.39 is 0 Å². The topological polar surface area (TPSA) is 76.1 Å². The van der Waals surface area contributed by atoms with Gasteiger partial charge in [0, 0.05) is 5.92 Å². The summed E-state index contributed by atoms with van der Waals surface area (Å²) >= 11 is 0. The molecule has 4 heteroatoms. The van der Waals surface area contributed by atoms with Crippen molar-refractivity contribution < 1.29 is 9.53 Å². The quantitative estimate of drug-likeness (QED) is 0.769. The molecular weight excluding hydrogens is 204 g/mol. The van der Waals surface area contributed by atoms with Crippen molar-refractivity contribution >= 4 is 5.97 Å². The summed E-state index contributed by atoms with van der Waals surface area (Å²) < 4.78 is 4.60. The Morgan fingerprint density at radius 1 is 1.50 bits per heavy atom. The summed E-state index contributed by atoms with van der Waals surface area (Å²) in [5, 5.41) is 8.66. The molecule has 0 amide bonds. The predicted octanol–water partition coefficient (Wildman–Crippen LogP) is 1.16. The molecule has 4 nitrogen and oxygen atoms in total. The molecule has 1 aromatic carbocycles. The Balaban J connectivity index is 2.79. The molecule has 0 radical (unpaired) electrons. The summed E-state index contributed by atoms with van der Waals surface area (Å²) in [6.07, 6.45) is 0.263. The van der Waals surface area contributed by atoms with Crippen LogP contribution < -0.4 is 5.73 Å². The average Bonchev–Trinajstić information content (AvgIpc) is 2.35. The maximum absolute atomic E-state index is 11.1. The van der Waals surface area contributed by atoms with Gasteiger partial charge in [0.05, 0.1) is 25.2 Å². The number of methoxy groups -OCH3 is 1. The Labute approximate surface area is 94.6 Å². The number of nitriles is 1. The molecule has 0 aromatic heterocycles. The monoisotopic (exact) mass is 218 g/mol. The van der Waals surface area contributed by atoms with Gasteiger partial charge >= 0.3 is 5.97 Å². The fourth-order valence-corrected chi connectivity index (χ4v) is 1.45. The molecule has 0 aliphatic carbocycles. The Morgan fingerprint density at radius 2 is 2.12 bits per heavy atom. The van der Waals surface area contributed by atoms with Crippen molar-refractivity contribution in [1.82, 2.24) is 0 Å². The molecule has 1 unspecified atom stereocenters. The minimum Gasteiger partial charge on any atom is -0.469 e. The summed E-state index contributed by atoms with van der Waals surface area (Å²) in [5.74, 6) is -0.333. The van der Waals surface area contributed by atoms with E-state index in [-0.39, 0.29) is 18.3 Å². The standard InChI is InChI=1S/C12H14N2O2/c1-16-12(15)6-11(8-14)10-4-2-9(7-13)3-5-10/h2-5,11H,6,8,14H2,1H3. The van der Waals surface area contributed by atoms with Crippen LogP contribution in [0, 0.1) is 11.3 Å². The fraction of sp³-hybridized carbons (Fsp3) is 0.333. The molecule has 2 N–H and O–H groups in total. The molecule has 16 heavy (non-hydrogen) atoms. The summed E-state index contributed by atoms with van der Waals surface area (Å²) in [6.45, 7) is 0.376. The highest BCUT2D eigenvalue weighted by Gasteiger charge is 2.14. The second kappa shape index (κ2) is 5.89. The number of carbonyl (C=O) groups is 1. The minimum absolute atomic E-state index is 0.0554. The lowest BCUT2D eigenvalue weighted by molar-refractivity contribution is -0.141. The van der Waals surface area contributed by atoms with Crippen molar-refractivity contribution in [3.05, 3.63) is 35.4 Å². The number of ether oxygens (including phenoxy) is 1. The van der Waals surface area contributed by atoms with E-state index >= 15 is 0 Å². The molecule has 0 heterocycles. The van der Waals surface area contributed by atoms with Crippen molar-refractivity contribution in [1.29, 1.82) is 5.26 Å². The number of carbonyl (C=O) groups excluding carboxylic acids is 1. The Bertz CT molecular complexity index is 392.